The van der Waals surface area contributed by atoms with E-state index >= 15 is 0 Å². The number of carboxylic acids is 1. The van der Waals surface area contributed by atoms with Gasteiger partial charge < -0.3 is 9.84 Å². The van der Waals surface area contributed by atoms with Crippen molar-refractivity contribution in [1.82, 2.24) is 0 Å². The van der Waals surface area contributed by atoms with E-state index in [0.29, 0.717) is 0 Å². The van der Waals surface area contributed by atoms with Crippen molar-refractivity contribution in [2.75, 3.05) is 0 Å². The highest BCUT2D eigenvalue weighted by Crippen LogP contribution is 2.31. The van der Waals surface area contributed by atoms with Gasteiger partial charge in [0.1, 0.15) is 5.76 Å². The maximum absolute atomic E-state index is 11.8. The molecule has 0 radical (unpaired) electrons. The number of hydrogen-bond donors (Lipinski definition) is 1. The van der Waals surface area contributed by atoms with Crippen LogP contribution >= 0.6 is 0 Å². The van der Waals surface area contributed by atoms with Gasteiger partial charge in [0.15, 0.2) is 5.60 Å². The molecule has 0 aromatic carbocycles. The summed E-state index contributed by atoms with van der Waals surface area (Å²) in [4.78, 5) is 22.3. The van der Waals surface area contributed by atoms with E-state index in [4.69, 9.17) is 9.84 Å². The Bertz CT molecular complexity index is 564. The second kappa shape index (κ2) is 8.86. The van der Waals surface area contributed by atoms with Crippen LogP contribution in [0.3, 0.4) is 0 Å². The molecule has 134 valence electrons. The van der Waals surface area contributed by atoms with Gasteiger partial charge in [-0.3, -0.25) is 4.79 Å². The minimum Gasteiger partial charge on any atom is -0.484 e. The Hall–Kier alpha value is -1.84. The maximum atomic E-state index is 11.8. The molecule has 1 unspecified atom stereocenters. The number of hydrogen-bond acceptors (Lipinski definition) is 3. The predicted molar refractivity (Wildman–Crippen MR) is 95.7 cm³/mol. The van der Waals surface area contributed by atoms with Gasteiger partial charge in [0.25, 0.3) is 0 Å². The molecule has 4 heteroatoms. The number of rotatable bonds is 9. The highest BCUT2D eigenvalue weighted by Gasteiger charge is 2.36. The first kappa shape index (κ1) is 20.2. The first-order chi connectivity index (χ1) is 11.1. The zero-order valence-corrected chi connectivity index (χ0v) is 15.5. The topological polar surface area (TPSA) is 63.6 Å². The largest absolute Gasteiger partial charge is 0.484 e. The van der Waals surface area contributed by atoms with Crippen molar-refractivity contribution in [3.63, 3.8) is 0 Å². The highest BCUT2D eigenvalue weighted by molar-refractivity contribution is 5.98. The quantitative estimate of drug-likeness (QED) is 0.485. The molecule has 4 nitrogen and oxygen atoms in total. The number of ketones is 1. The molecule has 0 amide bonds. The summed E-state index contributed by atoms with van der Waals surface area (Å²) in [6.45, 7) is 9.66. The van der Waals surface area contributed by atoms with Crippen molar-refractivity contribution in [3.8, 4) is 0 Å². The van der Waals surface area contributed by atoms with Crippen LogP contribution in [0.4, 0.5) is 0 Å². The Morgan fingerprint density at radius 2 is 1.96 bits per heavy atom. The molecule has 1 N–H and O–H groups in total. The molecular formula is C20H30O4. The Morgan fingerprint density at radius 3 is 2.50 bits per heavy atom. The van der Waals surface area contributed by atoms with Gasteiger partial charge in [-0.1, -0.05) is 24.1 Å². The van der Waals surface area contributed by atoms with Crippen LogP contribution in [0.25, 0.3) is 0 Å². The lowest BCUT2D eigenvalue weighted by Crippen LogP contribution is -2.28. The van der Waals surface area contributed by atoms with Crippen LogP contribution in [0.2, 0.25) is 0 Å². The summed E-state index contributed by atoms with van der Waals surface area (Å²) in [5, 5.41) is 8.67. The molecular weight excluding hydrogens is 304 g/mol. The van der Waals surface area contributed by atoms with Gasteiger partial charge in [-0.2, -0.15) is 0 Å². The number of ether oxygens (including phenoxy) is 1. The van der Waals surface area contributed by atoms with Gasteiger partial charge in [0, 0.05) is 18.1 Å². The highest BCUT2D eigenvalue weighted by atomic mass is 16.5. The minimum absolute atomic E-state index is 0.0465. The molecule has 24 heavy (non-hydrogen) atoms. The Morgan fingerprint density at radius 1 is 1.29 bits per heavy atom. The fourth-order valence-corrected chi connectivity index (χ4v) is 2.68. The van der Waals surface area contributed by atoms with Crippen LogP contribution < -0.4 is 0 Å². The lowest BCUT2D eigenvalue weighted by Gasteiger charge is -2.21. The maximum Gasteiger partial charge on any atom is 0.328 e. The van der Waals surface area contributed by atoms with Crippen molar-refractivity contribution in [2.45, 2.75) is 72.3 Å². The van der Waals surface area contributed by atoms with E-state index in [1.807, 2.05) is 6.92 Å². The van der Waals surface area contributed by atoms with Crippen molar-refractivity contribution in [2.24, 2.45) is 5.92 Å². The van der Waals surface area contributed by atoms with Crippen molar-refractivity contribution in [3.05, 3.63) is 35.1 Å². The van der Waals surface area contributed by atoms with Crippen LogP contribution in [-0.2, 0) is 14.3 Å². The van der Waals surface area contributed by atoms with Crippen molar-refractivity contribution >= 4 is 11.8 Å². The number of carbonyl (C=O) groups is 2. The van der Waals surface area contributed by atoms with Gasteiger partial charge in [0.05, 0.1) is 0 Å². The summed E-state index contributed by atoms with van der Waals surface area (Å²) in [5.41, 5.74) is 1.50. The van der Waals surface area contributed by atoms with Crippen molar-refractivity contribution in [1.29, 1.82) is 0 Å². The van der Waals surface area contributed by atoms with E-state index in [9.17, 15) is 9.59 Å². The molecule has 0 spiro atoms. The van der Waals surface area contributed by atoms with E-state index in [1.165, 1.54) is 11.6 Å². The summed E-state index contributed by atoms with van der Waals surface area (Å²) in [5.74, 6) is 0.225. The van der Waals surface area contributed by atoms with E-state index in [2.05, 4.69) is 19.9 Å². The smallest absolute Gasteiger partial charge is 0.328 e. The standard InChI is InChI=1S/C20H30O4/c1-14(8-6-10-15(2)12-19(22)23)9-7-11-16(3)17-13-18(21)20(4,5)24-17/h8,12-13,16H,6-7,9-11H2,1-5H3,(H,22,23)/b14-8+,15-12-. The van der Waals surface area contributed by atoms with Gasteiger partial charge in [-0.05, 0) is 59.8 Å². The molecule has 1 aliphatic heterocycles. The molecule has 0 aromatic heterocycles. The third kappa shape index (κ3) is 6.73. The van der Waals surface area contributed by atoms with E-state index in [0.717, 1.165) is 43.4 Å². The van der Waals surface area contributed by atoms with E-state index in [1.54, 1.807) is 19.9 Å². The van der Waals surface area contributed by atoms with Gasteiger partial charge in [-0.15, -0.1) is 0 Å². The number of carbonyl (C=O) groups excluding carboxylic acids is 1. The molecule has 1 aliphatic rings. The van der Waals surface area contributed by atoms with Crippen LogP contribution in [0.1, 0.15) is 66.7 Å². The number of aliphatic carboxylic acids is 1. The molecule has 1 atom stereocenters. The van der Waals surface area contributed by atoms with Gasteiger partial charge >= 0.3 is 5.97 Å². The van der Waals surface area contributed by atoms with Gasteiger partial charge in [0.2, 0.25) is 5.78 Å². The van der Waals surface area contributed by atoms with E-state index in [-0.39, 0.29) is 11.7 Å². The SMILES string of the molecule is C/C(=C/C(=O)O)CC/C=C(\C)CCCC(C)C1=CC(=O)C(C)(C)O1. The molecule has 1 heterocycles. The summed E-state index contributed by atoms with van der Waals surface area (Å²) in [7, 11) is 0. The predicted octanol–water partition coefficient (Wildman–Crippen LogP) is 4.81. The molecule has 0 fully saturated rings. The average Bonchev–Trinajstić information content (AvgIpc) is 2.72. The lowest BCUT2D eigenvalue weighted by molar-refractivity contribution is -0.131. The molecule has 0 saturated carbocycles. The molecule has 0 saturated heterocycles. The normalized spacial score (nSPS) is 19.0. The summed E-state index contributed by atoms with van der Waals surface area (Å²) in [6.07, 6.45) is 9.78. The monoisotopic (exact) mass is 334 g/mol. The summed E-state index contributed by atoms with van der Waals surface area (Å²) in [6, 6.07) is 0. The van der Waals surface area contributed by atoms with Crippen LogP contribution in [0.15, 0.2) is 35.1 Å². The molecule has 1 rings (SSSR count). The second-order valence-corrected chi connectivity index (χ2v) is 7.23. The van der Waals surface area contributed by atoms with Crippen LogP contribution in [0.5, 0.6) is 0 Å². The Kier molecular flexibility index (Phi) is 7.46. The lowest BCUT2D eigenvalue weighted by atomic mass is 9.98. The number of carboxylic acid groups (broad SMARTS) is 1. The summed E-state index contributed by atoms with van der Waals surface area (Å²) < 4.78 is 5.75. The zero-order valence-electron chi connectivity index (χ0n) is 15.5. The number of allylic oxidation sites excluding steroid dienone is 4. The molecule has 0 aromatic rings. The summed E-state index contributed by atoms with van der Waals surface area (Å²) >= 11 is 0. The van der Waals surface area contributed by atoms with E-state index < -0.39 is 11.6 Å². The fraction of sp³-hybridized carbons (Fsp3) is 0.600. The molecule has 0 bridgehead atoms. The molecule has 0 aliphatic carbocycles. The third-order valence-corrected chi connectivity index (χ3v) is 4.34. The first-order valence-electron chi connectivity index (χ1n) is 8.62. The zero-order chi connectivity index (χ0) is 18.3. The fourth-order valence-electron chi connectivity index (χ4n) is 2.68. The van der Waals surface area contributed by atoms with Crippen molar-refractivity contribution < 1.29 is 19.4 Å². The van der Waals surface area contributed by atoms with Crippen LogP contribution in [0, 0.1) is 5.92 Å². The first-order valence-corrected chi connectivity index (χ1v) is 8.62. The Labute approximate surface area is 145 Å². The average molecular weight is 334 g/mol. The second-order valence-electron chi connectivity index (χ2n) is 7.23. The Balaban J connectivity index is 2.31. The van der Waals surface area contributed by atoms with Crippen LogP contribution in [-0.4, -0.2) is 22.5 Å². The minimum atomic E-state index is -0.882. The third-order valence-electron chi connectivity index (χ3n) is 4.34. The van der Waals surface area contributed by atoms with Gasteiger partial charge in [-0.25, -0.2) is 4.79 Å².